The van der Waals surface area contributed by atoms with E-state index in [4.69, 9.17) is 16.3 Å². The summed E-state index contributed by atoms with van der Waals surface area (Å²) >= 11 is 5.60. The largest absolute Gasteiger partial charge is 0.493 e. The first-order chi connectivity index (χ1) is 11.6. The number of hydrogen-bond acceptors (Lipinski definition) is 3. The number of ether oxygens (including phenoxy) is 1. The second-order valence-electron chi connectivity index (χ2n) is 5.92. The number of aryl methyl sites for hydroxylation is 1. The van der Waals surface area contributed by atoms with Crippen molar-refractivity contribution in [2.45, 2.75) is 26.2 Å². The van der Waals surface area contributed by atoms with Crippen LogP contribution >= 0.6 is 11.6 Å². The van der Waals surface area contributed by atoms with Crippen molar-refractivity contribution in [3.63, 3.8) is 0 Å². The predicted octanol–water partition coefficient (Wildman–Crippen LogP) is 2.45. The Morgan fingerprint density at radius 2 is 1.62 bits per heavy atom. The molecule has 1 aromatic carbocycles. The Balaban J connectivity index is 1.65. The zero-order chi connectivity index (χ0) is 17.4. The lowest BCUT2D eigenvalue weighted by atomic mass is 10.2. The molecule has 2 rings (SSSR count). The Labute approximate surface area is 148 Å². The van der Waals surface area contributed by atoms with Gasteiger partial charge in [0.2, 0.25) is 11.8 Å². The summed E-state index contributed by atoms with van der Waals surface area (Å²) in [6, 6.07) is 7.86. The number of hydrogen-bond donors (Lipinski definition) is 0. The lowest BCUT2D eigenvalue weighted by Gasteiger charge is -2.34. The highest BCUT2D eigenvalue weighted by Gasteiger charge is 2.23. The van der Waals surface area contributed by atoms with Crippen LogP contribution in [0.25, 0.3) is 0 Å². The average Bonchev–Trinajstić information content (AvgIpc) is 2.60. The van der Waals surface area contributed by atoms with Crippen LogP contribution < -0.4 is 4.74 Å². The Kier molecular flexibility index (Phi) is 7.37. The SMILES string of the molecule is Cc1ccccc1OCCCC(=O)N1CCN(C(=O)CCCl)CC1. The molecule has 0 spiro atoms. The van der Waals surface area contributed by atoms with E-state index in [0.29, 0.717) is 57.9 Å². The number of carbonyl (C=O) groups is 2. The number of para-hydroxylation sites is 1. The first-order valence-electron chi connectivity index (χ1n) is 8.41. The van der Waals surface area contributed by atoms with Crippen LogP contribution in [0, 0.1) is 6.92 Å². The van der Waals surface area contributed by atoms with Gasteiger partial charge in [-0.1, -0.05) is 18.2 Å². The molecule has 0 aliphatic carbocycles. The Hall–Kier alpha value is -1.75. The van der Waals surface area contributed by atoms with Crippen molar-refractivity contribution in [3.05, 3.63) is 29.8 Å². The molecule has 132 valence electrons. The number of carbonyl (C=O) groups excluding carboxylic acids is 2. The summed E-state index contributed by atoms with van der Waals surface area (Å²) in [7, 11) is 0. The van der Waals surface area contributed by atoms with Crippen LogP contribution in [-0.4, -0.2) is 60.3 Å². The fourth-order valence-electron chi connectivity index (χ4n) is 2.73. The minimum atomic E-state index is 0.0729. The molecular weight excluding hydrogens is 328 g/mol. The van der Waals surface area contributed by atoms with Crippen molar-refractivity contribution in [3.8, 4) is 5.75 Å². The maximum atomic E-state index is 12.2. The number of piperazine rings is 1. The van der Waals surface area contributed by atoms with Gasteiger partial charge in [-0.3, -0.25) is 9.59 Å². The first-order valence-corrected chi connectivity index (χ1v) is 8.95. The molecule has 0 unspecified atom stereocenters. The van der Waals surface area contributed by atoms with Gasteiger partial charge < -0.3 is 14.5 Å². The summed E-state index contributed by atoms with van der Waals surface area (Å²) in [6.45, 7) is 4.94. The van der Waals surface area contributed by atoms with Crippen LogP contribution in [0.15, 0.2) is 24.3 Å². The molecule has 1 saturated heterocycles. The second kappa shape index (κ2) is 9.52. The van der Waals surface area contributed by atoms with Crippen LogP contribution in [0.5, 0.6) is 5.75 Å². The van der Waals surface area contributed by atoms with E-state index < -0.39 is 0 Å². The molecule has 24 heavy (non-hydrogen) atoms. The molecule has 1 heterocycles. The van der Waals surface area contributed by atoms with Gasteiger partial charge in [0, 0.05) is 44.9 Å². The number of rotatable bonds is 7. The van der Waals surface area contributed by atoms with Crippen molar-refractivity contribution in [2.24, 2.45) is 0 Å². The van der Waals surface area contributed by atoms with Crippen molar-refractivity contribution < 1.29 is 14.3 Å². The fraction of sp³-hybridized carbons (Fsp3) is 0.556. The van der Waals surface area contributed by atoms with E-state index in [9.17, 15) is 9.59 Å². The summed E-state index contributed by atoms with van der Waals surface area (Å²) in [4.78, 5) is 27.6. The number of benzene rings is 1. The van der Waals surface area contributed by atoms with Gasteiger partial charge in [0.05, 0.1) is 6.61 Å². The third kappa shape index (κ3) is 5.41. The number of nitrogens with zero attached hydrogens (tertiary/aromatic N) is 2. The molecule has 0 N–H and O–H groups in total. The summed E-state index contributed by atoms with van der Waals surface area (Å²) in [5, 5.41) is 0. The van der Waals surface area contributed by atoms with Crippen LogP contribution in [0.4, 0.5) is 0 Å². The molecule has 2 amide bonds. The summed E-state index contributed by atoms with van der Waals surface area (Å²) in [5.74, 6) is 1.42. The molecule has 0 radical (unpaired) electrons. The van der Waals surface area contributed by atoms with E-state index in [-0.39, 0.29) is 11.8 Å². The van der Waals surface area contributed by atoms with Gasteiger partial charge in [-0.2, -0.15) is 0 Å². The molecule has 0 atom stereocenters. The van der Waals surface area contributed by atoms with Gasteiger partial charge in [0.15, 0.2) is 0 Å². The molecule has 1 fully saturated rings. The second-order valence-corrected chi connectivity index (χ2v) is 6.30. The highest BCUT2D eigenvalue weighted by atomic mass is 35.5. The van der Waals surface area contributed by atoms with E-state index in [1.54, 1.807) is 4.90 Å². The first kappa shape index (κ1) is 18.6. The van der Waals surface area contributed by atoms with Gasteiger partial charge >= 0.3 is 0 Å². The summed E-state index contributed by atoms with van der Waals surface area (Å²) in [6.07, 6.45) is 1.53. The van der Waals surface area contributed by atoms with Crippen molar-refractivity contribution >= 4 is 23.4 Å². The monoisotopic (exact) mass is 352 g/mol. The van der Waals surface area contributed by atoms with Crippen LogP contribution in [-0.2, 0) is 9.59 Å². The van der Waals surface area contributed by atoms with Crippen molar-refractivity contribution in [1.82, 2.24) is 9.80 Å². The predicted molar refractivity (Wildman–Crippen MR) is 94.4 cm³/mol. The van der Waals surface area contributed by atoms with E-state index >= 15 is 0 Å². The van der Waals surface area contributed by atoms with Crippen LogP contribution in [0.1, 0.15) is 24.8 Å². The topological polar surface area (TPSA) is 49.9 Å². The van der Waals surface area contributed by atoms with E-state index in [0.717, 1.165) is 11.3 Å². The standard InChI is InChI=1S/C18H25ClN2O3/c1-15-5-2-3-6-16(15)24-14-4-7-17(22)20-10-12-21(13-11-20)18(23)8-9-19/h2-3,5-6H,4,7-14H2,1H3. The molecule has 1 aliphatic rings. The van der Waals surface area contributed by atoms with Crippen LogP contribution in [0.2, 0.25) is 0 Å². The van der Waals surface area contributed by atoms with Gasteiger partial charge in [-0.25, -0.2) is 0 Å². The van der Waals surface area contributed by atoms with E-state index in [1.165, 1.54) is 0 Å². The maximum Gasteiger partial charge on any atom is 0.223 e. The molecular formula is C18H25ClN2O3. The zero-order valence-corrected chi connectivity index (χ0v) is 14.9. The molecule has 1 aromatic rings. The quantitative estimate of drug-likeness (QED) is 0.559. The van der Waals surface area contributed by atoms with E-state index in [1.807, 2.05) is 36.1 Å². The maximum absolute atomic E-state index is 12.2. The number of amides is 2. The average molecular weight is 353 g/mol. The molecule has 0 saturated carbocycles. The highest BCUT2D eigenvalue weighted by Crippen LogP contribution is 2.16. The zero-order valence-electron chi connectivity index (χ0n) is 14.2. The Bertz CT molecular complexity index is 557. The third-order valence-corrected chi connectivity index (χ3v) is 4.37. The molecule has 5 nitrogen and oxygen atoms in total. The van der Waals surface area contributed by atoms with Gasteiger partial charge in [0.25, 0.3) is 0 Å². The third-order valence-electron chi connectivity index (χ3n) is 4.18. The molecule has 6 heteroatoms. The molecule has 0 bridgehead atoms. The molecule has 1 aliphatic heterocycles. The summed E-state index contributed by atoms with van der Waals surface area (Å²) < 4.78 is 5.71. The van der Waals surface area contributed by atoms with Crippen molar-refractivity contribution in [2.75, 3.05) is 38.7 Å². The highest BCUT2D eigenvalue weighted by molar-refractivity contribution is 6.18. The normalized spacial score (nSPS) is 14.6. The van der Waals surface area contributed by atoms with Crippen molar-refractivity contribution in [1.29, 1.82) is 0 Å². The number of alkyl halides is 1. The lowest BCUT2D eigenvalue weighted by Crippen LogP contribution is -2.50. The smallest absolute Gasteiger partial charge is 0.223 e. The Morgan fingerprint density at radius 1 is 1.04 bits per heavy atom. The van der Waals surface area contributed by atoms with E-state index in [2.05, 4.69) is 0 Å². The Morgan fingerprint density at radius 3 is 2.21 bits per heavy atom. The fourth-order valence-corrected chi connectivity index (χ4v) is 2.89. The van der Waals surface area contributed by atoms with Gasteiger partial charge in [-0.05, 0) is 25.0 Å². The molecule has 0 aromatic heterocycles. The lowest BCUT2D eigenvalue weighted by molar-refractivity contribution is -0.139. The van der Waals surface area contributed by atoms with Gasteiger partial charge in [0.1, 0.15) is 5.75 Å². The minimum Gasteiger partial charge on any atom is -0.493 e. The van der Waals surface area contributed by atoms with Crippen LogP contribution in [0.3, 0.4) is 0 Å². The summed E-state index contributed by atoms with van der Waals surface area (Å²) in [5.41, 5.74) is 1.10. The minimum absolute atomic E-state index is 0.0729. The number of halogens is 1. The van der Waals surface area contributed by atoms with Gasteiger partial charge in [-0.15, -0.1) is 11.6 Å².